The molecule has 1 aromatic heterocycles. The van der Waals surface area contributed by atoms with Crippen molar-refractivity contribution in [1.29, 1.82) is 0 Å². The van der Waals surface area contributed by atoms with E-state index in [-0.39, 0.29) is 10.4 Å². The van der Waals surface area contributed by atoms with E-state index < -0.39 is 5.82 Å². The molecule has 19 heavy (non-hydrogen) atoms. The molecule has 0 bridgehead atoms. The first kappa shape index (κ1) is 14.6. The van der Waals surface area contributed by atoms with Crippen LogP contribution in [0.2, 0.25) is 5.02 Å². The Hall–Kier alpha value is -0.800. The number of halogens is 3. The van der Waals surface area contributed by atoms with Crippen LogP contribution in [0.25, 0.3) is 11.0 Å². The second kappa shape index (κ2) is 5.68. The van der Waals surface area contributed by atoms with Gasteiger partial charge in [-0.3, -0.25) is 0 Å². The first-order valence-electron chi connectivity index (χ1n) is 6.43. The van der Waals surface area contributed by atoms with E-state index in [0.717, 1.165) is 24.3 Å². The molecule has 0 saturated heterocycles. The van der Waals surface area contributed by atoms with Crippen molar-refractivity contribution in [2.24, 2.45) is 5.92 Å². The highest BCUT2D eigenvalue weighted by Crippen LogP contribution is 2.29. The lowest BCUT2D eigenvalue weighted by Crippen LogP contribution is -2.10. The smallest absolute Gasteiger partial charge is 0.144 e. The van der Waals surface area contributed by atoms with Gasteiger partial charge in [-0.1, -0.05) is 31.9 Å². The minimum Gasteiger partial charge on any atom is -0.326 e. The third-order valence-electron chi connectivity index (χ3n) is 3.37. The van der Waals surface area contributed by atoms with Crippen molar-refractivity contribution < 1.29 is 4.39 Å². The van der Waals surface area contributed by atoms with Crippen molar-refractivity contribution in [3.8, 4) is 0 Å². The molecule has 2 atom stereocenters. The number of aromatic nitrogens is 2. The number of nitrogens with zero attached hydrogens (tertiary/aromatic N) is 2. The first-order chi connectivity index (χ1) is 8.93. The molecule has 1 heterocycles. The highest BCUT2D eigenvalue weighted by atomic mass is 35.5. The van der Waals surface area contributed by atoms with Crippen LogP contribution in [0.15, 0.2) is 12.1 Å². The third kappa shape index (κ3) is 2.87. The van der Waals surface area contributed by atoms with Crippen LogP contribution in [-0.2, 0) is 6.54 Å². The van der Waals surface area contributed by atoms with Crippen LogP contribution < -0.4 is 0 Å². The topological polar surface area (TPSA) is 17.8 Å². The predicted octanol–water partition coefficient (Wildman–Crippen LogP) is 5.17. The van der Waals surface area contributed by atoms with Crippen LogP contribution in [0, 0.1) is 11.7 Å². The number of hydrogen-bond donors (Lipinski definition) is 0. The standard InChI is InChI=1S/C14H17Cl2FN2/c1-4-8(2)7-19-13-5-10(16)11(17)6-12(13)18-14(19)9(3)15/h5-6,8-9H,4,7H2,1-3H3. The molecule has 0 spiro atoms. The Kier molecular flexibility index (Phi) is 4.36. The normalized spacial score (nSPS) is 14.8. The average Bonchev–Trinajstić information content (AvgIpc) is 2.68. The summed E-state index contributed by atoms with van der Waals surface area (Å²) in [6, 6.07) is 3.00. The number of imidazole rings is 1. The van der Waals surface area contributed by atoms with Crippen LogP contribution in [0.3, 0.4) is 0 Å². The number of alkyl halides is 1. The van der Waals surface area contributed by atoms with Gasteiger partial charge in [0.05, 0.1) is 21.4 Å². The van der Waals surface area contributed by atoms with Crippen molar-refractivity contribution in [2.75, 3.05) is 0 Å². The fourth-order valence-electron chi connectivity index (χ4n) is 2.08. The van der Waals surface area contributed by atoms with Crippen LogP contribution in [-0.4, -0.2) is 9.55 Å². The van der Waals surface area contributed by atoms with Gasteiger partial charge in [-0.05, 0) is 18.9 Å². The molecule has 1 aromatic carbocycles. The maximum absolute atomic E-state index is 13.5. The van der Waals surface area contributed by atoms with Gasteiger partial charge >= 0.3 is 0 Å². The highest BCUT2D eigenvalue weighted by Gasteiger charge is 2.18. The molecule has 0 aliphatic heterocycles. The van der Waals surface area contributed by atoms with Crippen LogP contribution in [0.5, 0.6) is 0 Å². The number of benzene rings is 1. The van der Waals surface area contributed by atoms with Crippen molar-refractivity contribution in [3.05, 3.63) is 28.8 Å². The maximum Gasteiger partial charge on any atom is 0.144 e. The summed E-state index contributed by atoms with van der Waals surface area (Å²) in [5.41, 5.74) is 1.45. The van der Waals surface area contributed by atoms with Crippen molar-refractivity contribution in [3.63, 3.8) is 0 Å². The monoisotopic (exact) mass is 302 g/mol. The minimum absolute atomic E-state index is 0.117. The van der Waals surface area contributed by atoms with E-state index in [1.807, 2.05) is 11.5 Å². The molecule has 2 rings (SSSR count). The zero-order valence-electron chi connectivity index (χ0n) is 11.3. The Morgan fingerprint density at radius 3 is 2.63 bits per heavy atom. The summed E-state index contributed by atoms with van der Waals surface area (Å²) >= 11 is 12.0. The van der Waals surface area contributed by atoms with E-state index in [9.17, 15) is 4.39 Å². The van der Waals surface area contributed by atoms with E-state index in [4.69, 9.17) is 23.2 Å². The Balaban J connectivity index is 2.62. The molecule has 0 saturated carbocycles. The molecule has 0 aliphatic carbocycles. The largest absolute Gasteiger partial charge is 0.326 e. The molecule has 0 N–H and O–H groups in total. The lowest BCUT2D eigenvalue weighted by Gasteiger charge is -2.14. The Labute approximate surface area is 122 Å². The second-order valence-corrected chi connectivity index (χ2v) is 6.03. The lowest BCUT2D eigenvalue weighted by atomic mass is 10.1. The van der Waals surface area contributed by atoms with Crippen molar-refractivity contribution >= 4 is 34.2 Å². The van der Waals surface area contributed by atoms with Gasteiger partial charge in [0, 0.05) is 12.6 Å². The summed E-state index contributed by atoms with van der Waals surface area (Å²) in [5, 5.41) is -0.107. The molecule has 104 valence electrons. The number of fused-ring (bicyclic) bond motifs is 1. The minimum atomic E-state index is -0.448. The fraction of sp³-hybridized carbons (Fsp3) is 0.500. The van der Waals surface area contributed by atoms with E-state index in [0.29, 0.717) is 11.4 Å². The van der Waals surface area contributed by atoms with E-state index in [2.05, 4.69) is 18.8 Å². The Bertz CT molecular complexity index is 593. The molecule has 2 nitrogen and oxygen atoms in total. The maximum atomic E-state index is 13.5. The predicted molar refractivity (Wildman–Crippen MR) is 78.4 cm³/mol. The highest BCUT2D eigenvalue weighted by molar-refractivity contribution is 6.31. The van der Waals surface area contributed by atoms with Gasteiger partial charge in [-0.25, -0.2) is 9.37 Å². The summed E-state index contributed by atoms with van der Waals surface area (Å²) in [7, 11) is 0. The zero-order valence-corrected chi connectivity index (χ0v) is 12.8. The van der Waals surface area contributed by atoms with Gasteiger partial charge in [0.25, 0.3) is 0 Å². The summed E-state index contributed by atoms with van der Waals surface area (Å²) in [6.07, 6.45) is 1.06. The quantitative estimate of drug-likeness (QED) is 0.712. The molecule has 2 unspecified atom stereocenters. The molecule has 0 amide bonds. The van der Waals surface area contributed by atoms with E-state index in [1.165, 1.54) is 6.07 Å². The summed E-state index contributed by atoms with van der Waals surface area (Å²) in [5.74, 6) is 0.810. The van der Waals surface area contributed by atoms with Gasteiger partial charge < -0.3 is 4.57 Å². The third-order valence-corrected chi connectivity index (χ3v) is 3.85. The molecule has 5 heteroatoms. The molecular weight excluding hydrogens is 286 g/mol. The summed E-state index contributed by atoms with van der Waals surface area (Å²) in [6.45, 7) is 6.98. The van der Waals surface area contributed by atoms with Crippen LogP contribution in [0.4, 0.5) is 4.39 Å². The molecule has 2 aromatic rings. The van der Waals surface area contributed by atoms with E-state index in [1.54, 1.807) is 6.07 Å². The number of hydrogen-bond acceptors (Lipinski definition) is 1. The average molecular weight is 303 g/mol. The second-order valence-electron chi connectivity index (χ2n) is 4.97. The van der Waals surface area contributed by atoms with Gasteiger partial charge in [-0.15, -0.1) is 11.6 Å². The van der Waals surface area contributed by atoms with Crippen molar-refractivity contribution in [1.82, 2.24) is 9.55 Å². The Morgan fingerprint density at radius 2 is 2.05 bits per heavy atom. The fourth-order valence-corrected chi connectivity index (χ4v) is 2.40. The summed E-state index contributed by atoms with van der Waals surface area (Å²) in [4.78, 5) is 4.43. The summed E-state index contributed by atoms with van der Waals surface area (Å²) < 4.78 is 15.6. The SMILES string of the molecule is CCC(C)Cn1c(C(C)Cl)nc2cc(F)c(Cl)cc21. The van der Waals surface area contributed by atoms with Gasteiger partial charge in [-0.2, -0.15) is 0 Å². The molecular formula is C14H17Cl2FN2. The van der Waals surface area contributed by atoms with Gasteiger partial charge in [0.15, 0.2) is 0 Å². The van der Waals surface area contributed by atoms with E-state index >= 15 is 0 Å². The van der Waals surface area contributed by atoms with Gasteiger partial charge in [0.2, 0.25) is 0 Å². The Morgan fingerprint density at radius 1 is 1.37 bits per heavy atom. The first-order valence-corrected chi connectivity index (χ1v) is 7.24. The molecule has 0 radical (unpaired) electrons. The zero-order chi connectivity index (χ0) is 14.2. The lowest BCUT2D eigenvalue weighted by molar-refractivity contribution is 0.465. The van der Waals surface area contributed by atoms with Crippen LogP contribution in [0.1, 0.15) is 38.4 Å². The molecule has 0 fully saturated rings. The van der Waals surface area contributed by atoms with Crippen molar-refractivity contribution in [2.45, 2.75) is 39.1 Å². The number of rotatable bonds is 4. The van der Waals surface area contributed by atoms with Crippen LogP contribution >= 0.6 is 23.2 Å². The molecule has 0 aliphatic rings. The van der Waals surface area contributed by atoms with Gasteiger partial charge in [0.1, 0.15) is 11.6 Å².